The van der Waals surface area contributed by atoms with Crippen LogP contribution in [0.2, 0.25) is 5.02 Å². The van der Waals surface area contributed by atoms with Crippen LogP contribution in [0.4, 0.5) is 5.69 Å². The lowest BCUT2D eigenvalue weighted by Crippen LogP contribution is -2.33. The number of nitrogen functional groups attached to an aromatic ring is 1. The lowest BCUT2D eigenvalue weighted by molar-refractivity contribution is 0.490. The van der Waals surface area contributed by atoms with Crippen LogP contribution in [0, 0.1) is 0 Å². The zero-order valence-electron chi connectivity index (χ0n) is 12.9. The van der Waals surface area contributed by atoms with E-state index < -0.39 is 21.4 Å². The summed E-state index contributed by atoms with van der Waals surface area (Å²) in [6, 6.07) is 11.3. The SMILES string of the molecule is CS(=O)(=O)O.Nc1cccc(-n2c(=O)[nH]c3cc(Cl)ccc3c2=O)c1. The van der Waals surface area contributed by atoms with Gasteiger partial charge in [-0.25, -0.2) is 9.36 Å². The molecule has 0 amide bonds. The Balaban J connectivity index is 0.000000399. The number of nitrogens with two attached hydrogens (primary N) is 1. The van der Waals surface area contributed by atoms with Crippen LogP contribution in [0.15, 0.2) is 52.1 Å². The summed E-state index contributed by atoms with van der Waals surface area (Å²) in [6.07, 6.45) is 0.715. The molecule has 4 N–H and O–H groups in total. The third kappa shape index (κ3) is 4.92. The van der Waals surface area contributed by atoms with Crippen molar-refractivity contribution in [3.8, 4) is 5.69 Å². The highest BCUT2D eigenvalue weighted by atomic mass is 35.5. The van der Waals surface area contributed by atoms with E-state index >= 15 is 0 Å². The number of anilines is 1. The highest BCUT2D eigenvalue weighted by molar-refractivity contribution is 7.85. The van der Waals surface area contributed by atoms with Crippen molar-refractivity contribution in [2.45, 2.75) is 0 Å². The summed E-state index contributed by atoms with van der Waals surface area (Å²) in [5.74, 6) is 0. The molecule has 10 heteroatoms. The first-order valence-electron chi connectivity index (χ1n) is 6.79. The van der Waals surface area contributed by atoms with E-state index in [-0.39, 0.29) is 0 Å². The molecule has 0 bridgehead atoms. The second-order valence-electron chi connectivity index (χ2n) is 5.09. The Labute approximate surface area is 147 Å². The molecule has 0 aliphatic carbocycles. The fraction of sp³-hybridized carbons (Fsp3) is 0.0667. The molecule has 1 aromatic heterocycles. The zero-order chi connectivity index (χ0) is 18.8. The Morgan fingerprint density at radius 3 is 2.40 bits per heavy atom. The van der Waals surface area contributed by atoms with E-state index in [0.29, 0.717) is 33.6 Å². The van der Waals surface area contributed by atoms with E-state index in [4.69, 9.17) is 21.9 Å². The highest BCUT2D eigenvalue weighted by Crippen LogP contribution is 2.14. The number of hydrogen-bond donors (Lipinski definition) is 3. The second kappa shape index (κ2) is 7.09. The zero-order valence-corrected chi connectivity index (χ0v) is 14.5. The van der Waals surface area contributed by atoms with E-state index in [1.165, 1.54) is 0 Å². The largest absolute Gasteiger partial charge is 0.399 e. The summed E-state index contributed by atoms with van der Waals surface area (Å²) >= 11 is 5.85. The van der Waals surface area contributed by atoms with Crippen LogP contribution in [0.5, 0.6) is 0 Å². The number of aromatic amines is 1. The number of halogens is 1. The molecule has 0 fully saturated rings. The van der Waals surface area contributed by atoms with Crippen LogP contribution in [0.25, 0.3) is 16.6 Å². The molecule has 3 aromatic rings. The minimum absolute atomic E-state index is 0.386. The van der Waals surface area contributed by atoms with Crippen molar-refractivity contribution < 1.29 is 13.0 Å². The van der Waals surface area contributed by atoms with Crippen molar-refractivity contribution in [3.63, 3.8) is 0 Å². The van der Waals surface area contributed by atoms with E-state index in [9.17, 15) is 18.0 Å². The first-order chi connectivity index (χ1) is 11.6. The number of aromatic nitrogens is 2. The lowest BCUT2D eigenvalue weighted by atomic mass is 10.2. The third-order valence-corrected chi connectivity index (χ3v) is 3.22. The van der Waals surface area contributed by atoms with Crippen molar-refractivity contribution in [1.82, 2.24) is 9.55 Å². The topological polar surface area (TPSA) is 135 Å². The number of H-pyrrole nitrogens is 1. The molecule has 0 aliphatic rings. The molecule has 0 saturated carbocycles. The van der Waals surface area contributed by atoms with E-state index in [1.807, 2.05) is 0 Å². The molecule has 0 aliphatic heterocycles. The van der Waals surface area contributed by atoms with E-state index in [1.54, 1.807) is 42.5 Å². The Morgan fingerprint density at radius 1 is 1.16 bits per heavy atom. The number of fused-ring (bicyclic) bond motifs is 1. The lowest BCUT2D eigenvalue weighted by Gasteiger charge is -2.07. The number of nitrogens with zero attached hydrogens (tertiary/aromatic N) is 1. The van der Waals surface area contributed by atoms with Crippen LogP contribution in [0.1, 0.15) is 0 Å². The number of nitrogens with one attached hydrogen (secondary N) is 1. The number of hydrogen-bond acceptors (Lipinski definition) is 5. The maximum absolute atomic E-state index is 12.4. The monoisotopic (exact) mass is 383 g/mol. The van der Waals surface area contributed by atoms with Crippen LogP contribution in [0.3, 0.4) is 0 Å². The molecule has 8 nitrogen and oxygen atoms in total. The first kappa shape index (κ1) is 18.7. The summed E-state index contributed by atoms with van der Waals surface area (Å²) in [6.45, 7) is 0. The van der Waals surface area contributed by atoms with Gasteiger partial charge in [-0.05, 0) is 36.4 Å². The molecule has 132 valence electrons. The normalized spacial score (nSPS) is 11.0. The van der Waals surface area contributed by atoms with Gasteiger partial charge in [-0.3, -0.25) is 9.35 Å². The predicted octanol–water partition coefficient (Wildman–Crippen LogP) is 1.42. The van der Waals surface area contributed by atoms with Gasteiger partial charge < -0.3 is 10.7 Å². The Hall–Kier alpha value is -2.62. The molecule has 2 aromatic carbocycles. The van der Waals surface area contributed by atoms with Gasteiger partial charge in [-0.15, -0.1) is 0 Å². The van der Waals surface area contributed by atoms with Crippen LogP contribution in [-0.2, 0) is 10.1 Å². The fourth-order valence-corrected chi connectivity index (χ4v) is 2.26. The van der Waals surface area contributed by atoms with Crippen molar-refractivity contribution in [3.05, 3.63) is 68.3 Å². The molecular formula is C15H14ClN3O5S. The minimum Gasteiger partial charge on any atom is -0.399 e. The fourth-order valence-electron chi connectivity index (χ4n) is 2.09. The summed E-state index contributed by atoms with van der Waals surface area (Å²) < 4.78 is 26.9. The van der Waals surface area contributed by atoms with Crippen molar-refractivity contribution in [1.29, 1.82) is 0 Å². The van der Waals surface area contributed by atoms with Gasteiger partial charge in [0.2, 0.25) is 0 Å². The summed E-state index contributed by atoms with van der Waals surface area (Å²) in [5, 5.41) is 0.839. The molecule has 25 heavy (non-hydrogen) atoms. The molecule has 0 spiro atoms. The minimum atomic E-state index is -3.67. The molecule has 0 atom stereocenters. The average Bonchev–Trinajstić information content (AvgIpc) is 2.45. The molecule has 0 radical (unpaired) electrons. The van der Waals surface area contributed by atoms with E-state index in [0.717, 1.165) is 4.57 Å². The molecule has 0 saturated heterocycles. The number of rotatable bonds is 1. The van der Waals surface area contributed by atoms with Gasteiger partial charge in [0, 0.05) is 10.7 Å². The van der Waals surface area contributed by atoms with Crippen molar-refractivity contribution in [2.75, 3.05) is 12.0 Å². The smallest absolute Gasteiger partial charge is 0.333 e. The maximum Gasteiger partial charge on any atom is 0.333 e. The van der Waals surface area contributed by atoms with Gasteiger partial charge in [0.1, 0.15) is 0 Å². The van der Waals surface area contributed by atoms with Gasteiger partial charge in [-0.2, -0.15) is 8.42 Å². The standard InChI is InChI=1S/C14H10ClN3O2.CH4O3S/c15-8-4-5-11-12(6-8)17-14(20)18(13(11)19)10-3-1-2-9(16)7-10;1-5(2,3)4/h1-7H,16H2,(H,17,20);1H3,(H,2,3,4). The van der Waals surface area contributed by atoms with Gasteiger partial charge in [-0.1, -0.05) is 17.7 Å². The first-order valence-corrected chi connectivity index (χ1v) is 9.02. The highest BCUT2D eigenvalue weighted by Gasteiger charge is 2.09. The Kier molecular flexibility index (Phi) is 5.31. The molecule has 3 rings (SSSR count). The quantitative estimate of drug-likeness (QED) is 0.429. The second-order valence-corrected chi connectivity index (χ2v) is 6.99. The molecule has 0 unspecified atom stereocenters. The maximum atomic E-state index is 12.4. The van der Waals surface area contributed by atoms with Gasteiger partial charge in [0.15, 0.2) is 0 Å². The summed E-state index contributed by atoms with van der Waals surface area (Å²) in [4.78, 5) is 27.2. The van der Waals surface area contributed by atoms with Crippen molar-refractivity contribution in [2.24, 2.45) is 0 Å². The Morgan fingerprint density at radius 2 is 1.80 bits per heavy atom. The number of benzene rings is 2. The third-order valence-electron chi connectivity index (χ3n) is 2.99. The summed E-state index contributed by atoms with van der Waals surface area (Å²) in [7, 11) is -3.67. The van der Waals surface area contributed by atoms with Gasteiger partial charge in [0.25, 0.3) is 15.7 Å². The van der Waals surface area contributed by atoms with Crippen LogP contribution < -0.4 is 17.0 Å². The molecular weight excluding hydrogens is 370 g/mol. The van der Waals surface area contributed by atoms with Crippen LogP contribution in [-0.4, -0.2) is 28.8 Å². The summed E-state index contributed by atoms with van der Waals surface area (Å²) in [5.41, 5.74) is 6.05. The van der Waals surface area contributed by atoms with Gasteiger partial charge in [0.05, 0.1) is 22.8 Å². The average molecular weight is 384 g/mol. The molecule has 1 heterocycles. The van der Waals surface area contributed by atoms with Crippen molar-refractivity contribution >= 4 is 38.3 Å². The predicted molar refractivity (Wildman–Crippen MR) is 97.1 cm³/mol. The van der Waals surface area contributed by atoms with Crippen LogP contribution >= 0.6 is 11.6 Å². The van der Waals surface area contributed by atoms with E-state index in [2.05, 4.69) is 4.98 Å². The Bertz CT molecular complexity index is 1140. The van der Waals surface area contributed by atoms with Gasteiger partial charge >= 0.3 is 5.69 Å².